The van der Waals surface area contributed by atoms with Gasteiger partial charge in [-0.3, -0.25) is 9.59 Å². The Bertz CT molecular complexity index is 553. The average molecular weight is 567 g/mol. The van der Waals surface area contributed by atoms with Gasteiger partial charge in [0.05, 0.1) is 5.41 Å². The molecule has 0 aromatic heterocycles. The topological polar surface area (TPSA) is 74.6 Å². The normalized spacial score (nSPS) is 12.1. The second-order valence-electron chi connectivity index (χ2n) is 13.8. The molecule has 4 heteroatoms. The van der Waals surface area contributed by atoms with Crippen molar-refractivity contribution in [1.29, 1.82) is 0 Å². The minimum absolute atomic E-state index is 0.190. The molecular formula is C36H70O4. The molecule has 0 amide bonds. The molecule has 0 aromatic rings. The first kappa shape index (κ1) is 38.9. The minimum Gasteiger partial charge on any atom is -0.481 e. The summed E-state index contributed by atoms with van der Waals surface area (Å²) in [6, 6.07) is 0. The molecule has 0 rings (SSSR count). The van der Waals surface area contributed by atoms with Crippen molar-refractivity contribution in [3.8, 4) is 0 Å². The van der Waals surface area contributed by atoms with Gasteiger partial charge in [-0.2, -0.15) is 0 Å². The van der Waals surface area contributed by atoms with Crippen LogP contribution in [0.2, 0.25) is 0 Å². The fourth-order valence-electron chi connectivity index (χ4n) is 6.12. The van der Waals surface area contributed by atoms with Crippen LogP contribution in [0.15, 0.2) is 0 Å². The zero-order valence-corrected chi connectivity index (χ0v) is 27.5. The predicted molar refractivity (Wildman–Crippen MR) is 172 cm³/mol. The Labute approximate surface area is 249 Å². The van der Waals surface area contributed by atoms with Gasteiger partial charge < -0.3 is 10.2 Å². The maximum atomic E-state index is 12.6. The van der Waals surface area contributed by atoms with Gasteiger partial charge in [-0.05, 0) is 37.5 Å². The summed E-state index contributed by atoms with van der Waals surface area (Å²) in [4.78, 5) is 23.4. The molecule has 0 saturated carbocycles. The van der Waals surface area contributed by atoms with Crippen molar-refractivity contribution < 1.29 is 19.8 Å². The van der Waals surface area contributed by atoms with Crippen molar-refractivity contribution in [1.82, 2.24) is 0 Å². The molecule has 0 fully saturated rings. The summed E-state index contributed by atoms with van der Waals surface area (Å²) in [5, 5.41) is 19.3. The summed E-state index contributed by atoms with van der Waals surface area (Å²) < 4.78 is 0. The SMILES string of the molecule is CC(C)CCCCCCCCCCCC(CCCCCCCCCCCC(C)C)(CCCCCC(=O)O)C(=O)O. The molecule has 0 radical (unpaired) electrons. The molecule has 238 valence electrons. The van der Waals surface area contributed by atoms with Crippen LogP contribution in [-0.2, 0) is 9.59 Å². The fraction of sp³-hybridized carbons (Fsp3) is 0.944. The van der Waals surface area contributed by atoms with Crippen LogP contribution in [0.3, 0.4) is 0 Å². The highest BCUT2D eigenvalue weighted by molar-refractivity contribution is 5.74. The molecule has 4 nitrogen and oxygen atoms in total. The maximum absolute atomic E-state index is 12.6. The highest BCUT2D eigenvalue weighted by Crippen LogP contribution is 2.38. The number of unbranched alkanes of at least 4 members (excludes halogenated alkanes) is 18. The summed E-state index contributed by atoms with van der Waals surface area (Å²) in [6.45, 7) is 9.21. The third kappa shape index (κ3) is 24.7. The summed E-state index contributed by atoms with van der Waals surface area (Å²) in [5.74, 6) is 0.271. The van der Waals surface area contributed by atoms with Crippen molar-refractivity contribution in [3.05, 3.63) is 0 Å². The van der Waals surface area contributed by atoms with Crippen LogP contribution in [0.25, 0.3) is 0 Å². The number of carbonyl (C=O) groups is 2. The number of aliphatic carboxylic acids is 2. The lowest BCUT2D eigenvalue weighted by Gasteiger charge is -2.30. The van der Waals surface area contributed by atoms with Crippen molar-refractivity contribution in [2.24, 2.45) is 17.3 Å². The molecule has 0 saturated heterocycles. The molecule has 40 heavy (non-hydrogen) atoms. The second kappa shape index (κ2) is 26.8. The summed E-state index contributed by atoms with van der Waals surface area (Å²) >= 11 is 0. The Morgan fingerprint density at radius 1 is 0.450 bits per heavy atom. The van der Waals surface area contributed by atoms with Gasteiger partial charge in [-0.1, -0.05) is 169 Å². The van der Waals surface area contributed by atoms with E-state index in [1.807, 2.05) is 0 Å². The molecule has 0 atom stereocenters. The van der Waals surface area contributed by atoms with Crippen LogP contribution >= 0.6 is 0 Å². The molecule has 2 N–H and O–H groups in total. The lowest BCUT2D eigenvalue weighted by molar-refractivity contribution is -0.151. The third-order valence-corrected chi connectivity index (χ3v) is 8.87. The largest absolute Gasteiger partial charge is 0.481 e. The number of hydrogen-bond donors (Lipinski definition) is 2. The monoisotopic (exact) mass is 567 g/mol. The van der Waals surface area contributed by atoms with E-state index in [0.29, 0.717) is 12.8 Å². The predicted octanol–water partition coefficient (Wildman–Crippen LogP) is 12.0. The molecule has 0 spiro atoms. The van der Waals surface area contributed by atoms with Crippen LogP contribution in [0.1, 0.15) is 201 Å². The van der Waals surface area contributed by atoms with Gasteiger partial charge in [0.2, 0.25) is 0 Å². The van der Waals surface area contributed by atoms with Gasteiger partial charge in [0.1, 0.15) is 0 Å². The first-order valence-corrected chi connectivity index (χ1v) is 17.6. The number of carboxylic acid groups (broad SMARTS) is 2. The van der Waals surface area contributed by atoms with Gasteiger partial charge in [-0.15, -0.1) is 0 Å². The third-order valence-electron chi connectivity index (χ3n) is 8.87. The highest BCUT2D eigenvalue weighted by Gasteiger charge is 2.36. The summed E-state index contributed by atoms with van der Waals surface area (Å²) in [6.07, 6.45) is 30.2. The van der Waals surface area contributed by atoms with Crippen LogP contribution in [-0.4, -0.2) is 22.2 Å². The lowest BCUT2D eigenvalue weighted by atomic mass is 9.74. The Balaban J connectivity index is 4.33. The molecule has 0 aliphatic heterocycles. The summed E-state index contributed by atoms with van der Waals surface area (Å²) in [5.41, 5.74) is -0.615. The molecular weight excluding hydrogens is 496 g/mol. The molecule has 0 unspecified atom stereocenters. The fourth-order valence-corrected chi connectivity index (χ4v) is 6.12. The Kier molecular flexibility index (Phi) is 26.1. The van der Waals surface area contributed by atoms with Gasteiger partial charge in [0.15, 0.2) is 0 Å². The van der Waals surface area contributed by atoms with Crippen molar-refractivity contribution >= 4 is 11.9 Å². The van der Waals surface area contributed by atoms with Gasteiger partial charge in [0.25, 0.3) is 0 Å². The Hall–Kier alpha value is -1.06. The number of hydrogen-bond acceptors (Lipinski definition) is 2. The summed E-state index contributed by atoms with van der Waals surface area (Å²) in [7, 11) is 0. The first-order valence-electron chi connectivity index (χ1n) is 17.6. The number of rotatable bonds is 31. The highest BCUT2D eigenvalue weighted by atomic mass is 16.4. The van der Waals surface area contributed by atoms with Crippen LogP contribution < -0.4 is 0 Å². The van der Waals surface area contributed by atoms with E-state index in [0.717, 1.165) is 63.2 Å². The molecule has 0 aliphatic carbocycles. The quantitative estimate of drug-likeness (QED) is 0.0818. The Morgan fingerprint density at radius 2 is 0.725 bits per heavy atom. The zero-order valence-electron chi connectivity index (χ0n) is 27.5. The van der Waals surface area contributed by atoms with E-state index in [2.05, 4.69) is 27.7 Å². The standard InChI is InChI=1S/C36H70O4/c1-32(2)26-20-15-11-7-5-9-13-17-23-29-36(35(39)40,31-25-19-22-28-34(37)38)30-24-18-14-10-6-8-12-16-21-27-33(3)4/h32-33H,5-31H2,1-4H3,(H,37,38)(H,39,40). The van der Waals surface area contributed by atoms with Crippen molar-refractivity contribution in [2.45, 2.75) is 201 Å². The van der Waals surface area contributed by atoms with E-state index in [-0.39, 0.29) is 6.42 Å². The molecule has 0 aromatic carbocycles. The zero-order chi connectivity index (χ0) is 29.9. The van der Waals surface area contributed by atoms with Gasteiger partial charge in [-0.25, -0.2) is 0 Å². The second-order valence-corrected chi connectivity index (χ2v) is 13.8. The van der Waals surface area contributed by atoms with E-state index in [9.17, 15) is 14.7 Å². The van der Waals surface area contributed by atoms with E-state index in [4.69, 9.17) is 5.11 Å². The van der Waals surface area contributed by atoms with E-state index in [1.54, 1.807) is 0 Å². The number of carboxylic acids is 2. The van der Waals surface area contributed by atoms with Gasteiger partial charge >= 0.3 is 11.9 Å². The van der Waals surface area contributed by atoms with Crippen molar-refractivity contribution in [2.75, 3.05) is 0 Å². The van der Waals surface area contributed by atoms with E-state index >= 15 is 0 Å². The van der Waals surface area contributed by atoms with Crippen LogP contribution in [0, 0.1) is 17.3 Å². The van der Waals surface area contributed by atoms with Crippen LogP contribution in [0.4, 0.5) is 0 Å². The van der Waals surface area contributed by atoms with E-state index in [1.165, 1.54) is 103 Å². The van der Waals surface area contributed by atoms with E-state index < -0.39 is 17.4 Å². The lowest BCUT2D eigenvalue weighted by Crippen LogP contribution is -2.31. The molecule has 0 aliphatic rings. The molecule has 0 bridgehead atoms. The van der Waals surface area contributed by atoms with Crippen molar-refractivity contribution in [3.63, 3.8) is 0 Å². The average Bonchev–Trinajstić information content (AvgIpc) is 2.88. The molecule has 0 heterocycles. The van der Waals surface area contributed by atoms with Gasteiger partial charge in [0, 0.05) is 6.42 Å². The smallest absolute Gasteiger partial charge is 0.309 e. The van der Waals surface area contributed by atoms with Crippen LogP contribution in [0.5, 0.6) is 0 Å². The maximum Gasteiger partial charge on any atom is 0.309 e. The first-order chi connectivity index (χ1) is 19.2. The Morgan fingerprint density at radius 3 is 1.00 bits per heavy atom. The minimum atomic E-state index is -0.754.